The molecule has 12 heteroatoms. The summed E-state index contributed by atoms with van der Waals surface area (Å²) in [5.41, 5.74) is 2.44. The second-order valence-corrected chi connectivity index (χ2v) is 11.0. The number of hydrogen-bond acceptors (Lipinski definition) is 8. The molecule has 4 heterocycles. The summed E-state index contributed by atoms with van der Waals surface area (Å²) in [4.78, 5) is 26.6. The molecule has 2 aliphatic rings. The highest BCUT2D eigenvalue weighted by Crippen LogP contribution is 2.34. The Morgan fingerprint density at radius 3 is 2.56 bits per heavy atom. The number of hydrogen-bond donors (Lipinski definition) is 2. The highest BCUT2D eigenvalue weighted by atomic mass is 19.4. The molecule has 1 amide bonds. The largest absolute Gasteiger partial charge is 0.475 e. The monoisotopic (exact) mass is 598 g/mol. The van der Waals surface area contributed by atoms with Crippen LogP contribution in [0, 0.1) is 6.92 Å². The Balaban J connectivity index is 1.37. The van der Waals surface area contributed by atoms with Gasteiger partial charge in [0.2, 0.25) is 5.88 Å². The van der Waals surface area contributed by atoms with Crippen LogP contribution in [0.25, 0.3) is 11.1 Å². The van der Waals surface area contributed by atoms with Gasteiger partial charge in [-0.2, -0.15) is 13.2 Å². The second kappa shape index (κ2) is 13.3. The first-order valence-electron chi connectivity index (χ1n) is 14.5. The van der Waals surface area contributed by atoms with Crippen LogP contribution in [-0.4, -0.2) is 85.4 Å². The van der Waals surface area contributed by atoms with Crippen molar-refractivity contribution in [3.8, 4) is 17.0 Å². The fourth-order valence-corrected chi connectivity index (χ4v) is 5.52. The molecular weight excluding hydrogens is 561 g/mol. The number of pyridine rings is 2. The number of aryl methyl sites for hydroxylation is 1. The minimum atomic E-state index is -4.54. The standard InChI is InChI=1S/C31H37F3N6O3/c1-20-16-35-17-21(2)40(20)9-12-43-30-28(39-7-10-42-11-8-39)14-24(18-37-30)27-15-26(19-36-22(27)3)38-29(41)23-5-4-6-25(13-23)31(32,33)34/h4-6,13-15,18-21,35H,7-12,16-17H2,1-3H3,(H,38,41). The van der Waals surface area contributed by atoms with Crippen LogP contribution < -0.4 is 20.3 Å². The van der Waals surface area contributed by atoms with E-state index in [0.29, 0.717) is 62.3 Å². The fraction of sp³-hybridized carbons (Fsp3) is 0.452. The van der Waals surface area contributed by atoms with Crippen molar-refractivity contribution in [1.29, 1.82) is 0 Å². The molecule has 230 valence electrons. The number of amides is 1. The molecule has 9 nitrogen and oxygen atoms in total. The van der Waals surface area contributed by atoms with E-state index in [2.05, 4.69) is 39.3 Å². The molecule has 0 bridgehead atoms. The molecule has 0 spiro atoms. The van der Waals surface area contributed by atoms with Crippen molar-refractivity contribution in [3.05, 3.63) is 65.6 Å². The molecule has 43 heavy (non-hydrogen) atoms. The highest BCUT2D eigenvalue weighted by molar-refractivity contribution is 6.04. The molecule has 2 atom stereocenters. The summed E-state index contributed by atoms with van der Waals surface area (Å²) in [6, 6.07) is 8.90. The van der Waals surface area contributed by atoms with Crippen molar-refractivity contribution in [1.82, 2.24) is 20.2 Å². The van der Waals surface area contributed by atoms with Gasteiger partial charge >= 0.3 is 6.18 Å². The molecule has 2 aromatic heterocycles. The van der Waals surface area contributed by atoms with Crippen LogP contribution >= 0.6 is 0 Å². The van der Waals surface area contributed by atoms with Gasteiger partial charge in [-0.15, -0.1) is 0 Å². The SMILES string of the molecule is Cc1ncc(NC(=O)c2cccc(C(F)(F)F)c2)cc1-c1cnc(OCCN2C(C)CNCC2C)c(N2CCOCC2)c1. The van der Waals surface area contributed by atoms with Crippen molar-refractivity contribution in [2.45, 2.75) is 39.0 Å². The molecule has 2 saturated heterocycles. The van der Waals surface area contributed by atoms with Crippen molar-refractivity contribution in [2.24, 2.45) is 0 Å². The van der Waals surface area contributed by atoms with E-state index in [4.69, 9.17) is 14.5 Å². The first-order chi connectivity index (χ1) is 20.6. The van der Waals surface area contributed by atoms with Gasteiger partial charge in [0.05, 0.1) is 30.7 Å². The number of nitrogens with zero attached hydrogens (tertiary/aromatic N) is 4. The summed E-state index contributed by atoms with van der Waals surface area (Å²) in [5.74, 6) is -0.118. The zero-order chi connectivity index (χ0) is 30.6. The molecule has 2 N–H and O–H groups in total. The fourth-order valence-electron chi connectivity index (χ4n) is 5.52. The summed E-state index contributed by atoms with van der Waals surface area (Å²) in [6.45, 7) is 12.0. The summed E-state index contributed by atoms with van der Waals surface area (Å²) in [7, 11) is 0. The average Bonchev–Trinajstić information content (AvgIpc) is 3.00. The van der Waals surface area contributed by atoms with Gasteiger partial charge in [-0.25, -0.2) is 4.98 Å². The number of anilines is 2. The lowest BCUT2D eigenvalue weighted by Gasteiger charge is -2.39. The van der Waals surface area contributed by atoms with E-state index < -0.39 is 17.6 Å². The molecule has 0 aliphatic carbocycles. The molecular formula is C31H37F3N6O3. The van der Waals surface area contributed by atoms with E-state index in [0.717, 1.165) is 48.6 Å². The third kappa shape index (κ3) is 7.43. The van der Waals surface area contributed by atoms with Crippen LogP contribution in [0.15, 0.2) is 48.8 Å². The number of benzene rings is 1. The number of morpholine rings is 1. The van der Waals surface area contributed by atoms with Crippen molar-refractivity contribution in [2.75, 3.05) is 62.8 Å². The first-order valence-corrected chi connectivity index (χ1v) is 14.5. The van der Waals surface area contributed by atoms with Gasteiger partial charge in [0.25, 0.3) is 5.91 Å². The van der Waals surface area contributed by atoms with Crippen LogP contribution in [0.3, 0.4) is 0 Å². The van der Waals surface area contributed by atoms with E-state index in [1.54, 1.807) is 12.3 Å². The third-order valence-electron chi connectivity index (χ3n) is 7.89. The van der Waals surface area contributed by atoms with Gasteiger partial charge in [0.15, 0.2) is 0 Å². The molecule has 3 aromatic rings. The quantitative estimate of drug-likeness (QED) is 0.388. The molecule has 0 radical (unpaired) electrons. The minimum absolute atomic E-state index is 0.0978. The maximum Gasteiger partial charge on any atom is 0.416 e. The molecule has 0 saturated carbocycles. The molecule has 2 aliphatic heterocycles. The summed E-state index contributed by atoms with van der Waals surface area (Å²) >= 11 is 0. The van der Waals surface area contributed by atoms with E-state index in [1.165, 1.54) is 18.3 Å². The highest BCUT2D eigenvalue weighted by Gasteiger charge is 2.31. The summed E-state index contributed by atoms with van der Waals surface area (Å²) in [5, 5.41) is 6.13. The number of carbonyl (C=O) groups is 1. The van der Waals surface area contributed by atoms with Crippen LogP contribution in [0.2, 0.25) is 0 Å². The first kappa shape index (κ1) is 30.7. The van der Waals surface area contributed by atoms with Gasteiger partial charge in [-0.3, -0.25) is 14.7 Å². The Kier molecular flexibility index (Phi) is 9.48. The average molecular weight is 599 g/mol. The Hall–Kier alpha value is -3.74. The smallest absolute Gasteiger partial charge is 0.416 e. The van der Waals surface area contributed by atoms with Crippen LogP contribution in [-0.2, 0) is 10.9 Å². The zero-order valence-electron chi connectivity index (χ0n) is 24.6. The number of ether oxygens (including phenoxy) is 2. The minimum Gasteiger partial charge on any atom is -0.475 e. The van der Waals surface area contributed by atoms with Crippen molar-refractivity contribution >= 4 is 17.3 Å². The van der Waals surface area contributed by atoms with E-state index in [9.17, 15) is 18.0 Å². The van der Waals surface area contributed by atoms with E-state index in [1.807, 2.05) is 13.0 Å². The predicted octanol–water partition coefficient (Wildman–Crippen LogP) is 4.62. The number of carbonyl (C=O) groups excluding carboxylic acids is 1. The molecule has 2 unspecified atom stereocenters. The van der Waals surface area contributed by atoms with Gasteiger partial charge in [0.1, 0.15) is 12.3 Å². The van der Waals surface area contributed by atoms with Gasteiger partial charge in [-0.1, -0.05) is 6.07 Å². The zero-order valence-corrected chi connectivity index (χ0v) is 24.6. The Morgan fingerprint density at radius 2 is 1.84 bits per heavy atom. The number of halogens is 3. The van der Waals surface area contributed by atoms with Gasteiger partial charge < -0.3 is 25.0 Å². The maximum absolute atomic E-state index is 13.2. The number of rotatable bonds is 8. The van der Waals surface area contributed by atoms with Crippen molar-refractivity contribution < 1.29 is 27.4 Å². The lowest BCUT2D eigenvalue weighted by Crippen LogP contribution is -2.55. The van der Waals surface area contributed by atoms with Crippen LogP contribution in [0.5, 0.6) is 5.88 Å². The lowest BCUT2D eigenvalue weighted by atomic mass is 10.0. The topological polar surface area (TPSA) is 91.8 Å². The lowest BCUT2D eigenvalue weighted by molar-refractivity contribution is -0.137. The Morgan fingerprint density at radius 1 is 1.09 bits per heavy atom. The second-order valence-electron chi connectivity index (χ2n) is 11.0. The van der Waals surface area contributed by atoms with Gasteiger partial charge in [-0.05, 0) is 51.1 Å². The normalized spacial score (nSPS) is 19.7. The van der Waals surface area contributed by atoms with Crippen LogP contribution in [0.4, 0.5) is 24.5 Å². The van der Waals surface area contributed by atoms with E-state index >= 15 is 0 Å². The molecule has 5 rings (SSSR count). The summed E-state index contributed by atoms with van der Waals surface area (Å²) < 4.78 is 51.3. The Labute approximate surface area is 249 Å². The molecule has 1 aromatic carbocycles. The Bertz CT molecular complexity index is 1420. The molecule has 2 fully saturated rings. The van der Waals surface area contributed by atoms with Crippen LogP contribution in [0.1, 0.15) is 35.5 Å². The predicted molar refractivity (Wildman–Crippen MR) is 159 cm³/mol. The number of alkyl halides is 3. The maximum atomic E-state index is 13.2. The number of piperazine rings is 1. The third-order valence-corrected chi connectivity index (χ3v) is 7.89. The van der Waals surface area contributed by atoms with E-state index in [-0.39, 0.29) is 5.56 Å². The number of nitrogens with one attached hydrogen (secondary N) is 2. The van der Waals surface area contributed by atoms with Gasteiger partial charge in [0, 0.05) is 73.4 Å². The van der Waals surface area contributed by atoms with Crippen molar-refractivity contribution in [3.63, 3.8) is 0 Å². The summed E-state index contributed by atoms with van der Waals surface area (Å²) in [6.07, 6.45) is -1.34. The number of aromatic nitrogens is 2.